The van der Waals surface area contributed by atoms with Gasteiger partial charge < -0.3 is 0 Å². The largest absolute Gasteiger partial charge is 0.173 e. The molecule has 0 saturated heterocycles. The Morgan fingerprint density at radius 3 is 2.25 bits per heavy atom. The van der Waals surface area contributed by atoms with Crippen LogP contribution in [-0.2, 0) is 0 Å². The van der Waals surface area contributed by atoms with Gasteiger partial charge in [-0.3, -0.25) is 0 Å². The van der Waals surface area contributed by atoms with Crippen molar-refractivity contribution in [3.8, 4) is 0 Å². The first-order valence-electron chi connectivity index (χ1n) is 5.30. The summed E-state index contributed by atoms with van der Waals surface area (Å²) in [6.07, 6.45) is 10.0. The fourth-order valence-electron chi connectivity index (χ4n) is 2.03. The van der Waals surface area contributed by atoms with Gasteiger partial charge in [-0.05, 0) is 18.8 Å². The molecule has 0 aromatic rings. The van der Waals surface area contributed by atoms with Crippen molar-refractivity contribution >= 4 is 12.6 Å². The van der Waals surface area contributed by atoms with Gasteiger partial charge >= 0.3 is 0 Å². The summed E-state index contributed by atoms with van der Waals surface area (Å²) in [7, 11) is 0. The van der Waals surface area contributed by atoms with Gasteiger partial charge in [-0.25, -0.2) is 0 Å². The SMILES string of the molecule is CC(C)(S)CCC1CCCCC1. The number of hydrogen-bond donors (Lipinski definition) is 1. The molecule has 0 radical (unpaired) electrons. The van der Waals surface area contributed by atoms with E-state index < -0.39 is 0 Å². The van der Waals surface area contributed by atoms with E-state index in [-0.39, 0.29) is 4.75 Å². The van der Waals surface area contributed by atoms with Crippen LogP contribution in [0.25, 0.3) is 0 Å². The minimum Gasteiger partial charge on any atom is -0.173 e. The van der Waals surface area contributed by atoms with Gasteiger partial charge in [0.25, 0.3) is 0 Å². The fraction of sp³-hybridized carbons (Fsp3) is 1.00. The summed E-state index contributed by atoms with van der Waals surface area (Å²) in [4.78, 5) is 0. The standard InChI is InChI=1S/C11H22S/c1-11(2,12)9-8-10-6-4-3-5-7-10/h10,12H,3-9H2,1-2H3. The van der Waals surface area contributed by atoms with Gasteiger partial charge in [0.2, 0.25) is 0 Å². The lowest BCUT2D eigenvalue weighted by Crippen LogP contribution is -2.14. The van der Waals surface area contributed by atoms with E-state index in [0.29, 0.717) is 0 Å². The van der Waals surface area contributed by atoms with Crippen LogP contribution in [0.1, 0.15) is 58.8 Å². The summed E-state index contributed by atoms with van der Waals surface area (Å²) in [5.74, 6) is 1.02. The Bertz CT molecular complexity index is 117. The van der Waals surface area contributed by atoms with Gasteiger partial charge in [-0.1, -0.05) is 46.0 Å². The number of hydrogen-bond acceptors (Lipinski definition) is 1. The highest BCUT2D eigenvalue weighted by Gasteiger charge is 2.17. The summed E-state index contributed by atoms with van der Waals surface area (Å²) in [5.41, 5.74) is 0. The minimum absolute atomic E-state index is 0.247. The molecule has 0 unspecified atom stereocenters. The monoisotopic (exact) mass is 186 g/mol. The Hall–Kier alpha value is 0.350. The van der Waals surface area contributed by atoms with Crippen LogP contribution in [0.2, 0.25) is 0 Å². The summed E-state index contributed by atoms with van der Waals surface area (Å²) in [6.45, 7) is 4.44. The molecule has 1 saturated carbocycles. The highest BCUT2D eigenvalue weighted by molar-refractivity contribution is 7.81. The van der Waals surface area contributed by atoms with Gasteiger partial charge in [0.05, 0.1) is 0 Å². The van der Waals surface area contributed by atoms with Crippen LogP contribution in [0.15, 0.2) is 0 Å². The maximum atomic E-state index is 4.55. The van der Waals surface area contributed by atoms with Crippen LogP contribution < -0.4 is 0 Å². The molecule has 0 heterocycles. The second kappa shape index (κ2) is 4.55. The average molecular weight is 186 g/mol. The van der Waals surface area contributed by atoms with Crippen molar-refractivity contribution < 1.29 is 0 Å². The minimum atomic E-state index is 0.247. The molecule has 1 rings (SSSR count). The Balaban J connectivity index is 2.13. The Labute approximate surface area is 82.5 Å². The zero-order chi connectivity index (χ0) is 9.03. The summed E-state index contributed by atoms with van der Waals surface area (Å²) < 4.78 is 0.247. The molecule has 0 aromatic carbocycles. The van der Waals surface area contributed by atoms with Gasteiger partial charge in [-0.2, -0.15) is 12.6 Å². The third-order valence-electron chi connectivity index (χ3n) is 2.89. The van der Waals surface area contributed by atoms with E-state index in [1.54, 1.807) is 0 Å². The predicted molar refractivity (Wildman–Crippen MR) is 58.9 cm³/mol. The zero-order valence-electron chi connectivity index (χ0n) is 8.47. The highest BCUT2D eigenvalue weighted by Crippen LogP contribution is 2.30. The van der Waals surface area contributed by atoms with Crippen LogP contribution in [0, 0.1) is 5.92 Å². The van der Waals surface area contributed by atoms with E-state index >= 15 is 0 Å². The summed E-state index contributed by atoms with van der Waals surface area (Å²) in [5, 5.41) is 0. The molecule has 1 heteroatoms. The van der Waals surface area contributed by atoms with Crippen molar-refractivity contribution in [3.05, 3.63) is 0 Å². The Kier molecular flexibility index (Phi) is 3.95. The maximum absolute atomic E-state index is 4.55. The van der Waals surface area contributed by atoms with Gasteiger partial charge in [-0.15, -0.1) is 0 Å². The van der Waals surface area contributed by atoms with Crippen LogP contribution in [0.3, 0.4) is 0 Å². The molecule has 12 heavy (non-hydrogen) atoms. The summed E-state index contributed by atoms with van der Waals surface area (Å²) in [6, 6.07) is 0. The molecule has 72 valence electrons. The highest BCUT2D eigenvalue weighted by atomic mass is 32.1. The molecular weight excluding hydrogens is 164 g/mol. The molecule has 1 aliphatic carbocycles. The third kappa shape index (κ3) is 4.39. The van der Waals surface area contributed by atoms with E-state index in [0.717, 1.165) is 5.92 Å². The van der Waals surface area contributed by atoms with Crippen LogP contribution >= 0.6 is 12.6 Å². The Morgan fingerprint density at radius 2 is 1.75 bits per heavy atom. The Morgan fingerprint density at radius 1 is 1.17 bits per heavy atom. The number of rotatable bonds is 3. The van der Waals surface area contributed by atoms with Crippen molar-refractivity contribution in [1.29, 1.82) is 0 Å². The van der Waals surface area contributed by atoms with E-state index in [2.05, 4.69) is 26.5 Å². The lowest BCUT2D eigenvalue weighted by molar-refractivity contribution is 0.323. The first-order chi connectivity index (χ1) is 5.58. The fourth-order valence-corrected chi connectivity index (χ4v) is 2.16. The van der Waals surface area contributed by atoms with Crippen molar-refractivity contribution in [2.24, 2.45) is 5.92 Å². The van der Waals surface area contributed by atoms with Crippen LogP contribution in [0.5, 0.6) is 0 Å². The molecule has 0 atom stereocenters. The molecule has 1 fully saturated rings. The number of thiol groups is 1. The van der Waals surface area contributed by atoms with E-state index in [4.69, 9.17) is 0 Å². The molecule has 0 bridgehead atoms. The van der Waals surface area contributed by atoms with Gasteiger partial charge in [0, 0.05) is 4.75 Å². The van der Waals surface area contributed by atoms with Gasteiger partial charge in [0.15, 0.2) is 0 Å². The molecule has 1 aliphatic rings. The smallest absolute Gasteiger partial charge is 0.00732 e. The lowest BCUT2D eigenvalue weighted by atomic mass is 9.84. The van der Waals surface area contributed by atoms with E-state index in [1.807, 2.05) is 0 Å². The van der Waals surface area contributed by atoms with Crippen LogP contribution in [0.4, 0.5) is 0 Å². The molecule has 0 spiro atoms. The van der Waals surface area contributed by atoms with Crippen molar-refractivity contribution in [3.63, 3.8) is 0 Å². The first kappa shape index (κ1) is 10.4. The third-order valence-corrected chi connectivity index (χ3v) is 3.11. The molecular formula is C11H22S. The normalized spacial score (nSPS) is 21.2. The second-order valence-electron chi connectivity index (χ2n) is 4.86. The topological polar surface area (TPSA) is 0 Å². The molecule has 0 nitrogen and oxygen atoms in total. The van der Waals surface area contributed by atoms with Crippen molar-refractivity contribution in [2.45, 2.75) is 63.5 Å². The zero-order valence-corrected chi connectivity index (χ0v) is 9.37. The van der Waals surface area contributed by atoms with E-state index in [9.17, 15) is 0 Å². The second-order valence-corrected chi connectivity index (χ2v) is 6.07. The molecule has 0 N–H and O–H groups in total. The first-order valence-corrected chi connectivity index (χ1v) is 5.75. The molecule has 0 aliphatic heterocycles. The van der Waals surface area contributed by atoms with Crippen molar-refractivity contribution in [2.75, 3.05) is 0 Å². The average Bonchev–Trinajstić information content (AvgIpc) is 2.02. The van der Waals surface area contributed by atoms with Crippen LogP contribution in [-0.4, -0.2) is 4.75 Å². The van der Waals surface area contributed by atoms with E-state index in [1.165, 1.54) is 44.9 Å². The predicted octanol–water partition coefficient (Wildman–Crippen LogP) is 4.06. The summed E-state index contributed by atoms with van der Waals surface area (Å²) >= 11 is 4.55. The lowest BCUT2D eigenvalue weighted by Gasteiger charge is -2.25. The molecule has 0 amide bonds. The maximum Gasteiger partial charge on any atom is 0.00732 e. The molecule has 0 aromatic heterocycles. The van der Waals surface area contributed by atoms with Gasteiger partial charge in [0.1, 0.15) is 0 Å². The quantitative estimate of drug-likeness (QED) is 0.631. The van der Waals surface area contributed by atoms with Crippen molar-refractivity contribution in [1.82, 2.24) is 0 Å².